The van der Waals surface area contributed by atoms with Crippen LogP contribution >= 0.6 is 11.6 Å². The fourth-order valence-corrected chi connectivity index (χ4v) is 4.44. The van der Waals surface area contributed by atoms with Crippen molar-refractivity contribution >= 4 is 17.5 Å². The molecule has 1 heterocycles. The second-order valence-corrected chi connectivity index (χ2v) is 9.11. The Bertz CT molecular complexity index is 1020. The van der Waals surface area contributed by atoms with E-state index in [-0.39, 0.29) is 12.5 Å². The average Bonchev–Trinajstić information content (AvgIpc) is 2.85. The quantitative estimate of drug-likeness (QED) is 0.453. The van der Waals surface area contributed by atoms with Crippen LogP contribution in [0.2, 0.25) is 5.02 Å². The van der Waals surface area contributed by atoms with E-state index in [0.717, 1.165) is 48.6 Å². The highest BCUT2D eigenvalue weighted by atomic mass is 35.5. The van der Waals surface area contributed by atoms with Gasteiger partial charge in [-0.25, -0.2) is 0 Å². The lowest BCUT2D eigenvalue weighted by Gasteiger charge is -2.32. The van der Waals surface area contributed by atoms with Gasteiger partial charge >= 0.3 is 0 Å². The smallest absolute Gasteiger partial charge is 0.246 e. The number of amides is 1. The zero-order valence-electron chi connectivity index (χ0n) is 18.9. The molecule has 1 fully saturated rings. The minimum absolute atomic E-state index is 0.0701. The van der Waals surface area contributed by atoms with Crippen molar-refractivity contribution in [1.29, 1.82) is 0 Å². The number of carbonyl (C=O) groups excluding carboxylic acids is 1. The monoisotopic (exact) mass is 462 g/mol. The van der Waals surface area contributed by atoms with Crippen LogP contribution in [-0.4, -0.2) is 30.5 Å². The molecule has 0 unspecified atom stereocenters. The van der Waals surface area contributed by atoms with Gasteiger partial charge in [-0.1, -0.05) is 78.3 Å². The third-order valence-electron chi connectivity index (χ3n) is 6.16. The van der Waals surface area contributed by atoms with Crippen LogP contribution < -0.4 is 5.32 Å². The number of ether oxygens (including phenoxy) is 1. The Morgan fingerprint density at radius 3 is 2.39 bits per heavy atom. The van der Waals surface area contributed by atoms with E-state index in [1.165, 1.54) is 11.1 Å². The van der Waals surface area contributed by atoms with E-state index in [1.807, 2.05) is 42.5 Å². The molecule has 172 valence electrons. The van der Waals surface area contributed by atoms with E-state index in [4.69, 9.17) is 16.3 Å². The summed E-state index contributed by atoms with van der Waals surface area (Å²) in [6.07, 6.45) is 2.30. The molecule has 0 spiro atoms. The van der Waals surface area contributed by atoms with Gasteiger partial charge < -0.3 is 10.1 Å². The Kier molecular flexibility index (Phi) is 8.53. The van der Waals surface area contributed by atoms with Crippen LogP contribution in [0.1, 0.15) is 41.0 Å². The molecular formula is C28H31ClN2O2. The number of carbonyl (C=O) groups is 1. The topological polar surface area (TPSA) is 41.6 Å². The predicted molar refractivity (Wildman–Crippen MR) is 133 cm³/mol. The Labute approximate surface area is 201 Å². The summed E-state index contributed by atoms with van der Waals surface area (Å²) in [6, 6.07) is 26.7. The molecule has 4 nitrogen and oxygen atoms in total. The van der Waals surface area contributed by atoms with Crippen molar-refractivity contribution in [3.8, 4) is 0 Å². The molecule has 0 bridgehead atoms. The van der Waals surface area contributed by atoms with Crippen LogP contribution in [0.4, 0.5) is 0 Å². The first kappa shape index (κ1) is 23.5. The largest absolute Gasteiger partial charge is 0.367 e. The standard InChI is InChI=1S/C28H31ClN2O2/c29-27-11-9-22(10-12-27)19-31-15-13-25(14-16-31)26-8-4-7-24(17-26)18-30-28(32)21-33-20-23-5-2-1-3-6-23/h1-12,17,25H,13-16,18-21H2,(H,30,32). The van der Waals surface area contributed by atoms with E-state index in [1.54, 1.807) is 0 Å². The number of halogens is 1. The number of rotatable bonds is 9. The molecule has 5 heteroatoms. The highest BCUT2D eigenvalue weighted by Gasteiger charge is 2.21. The highest BCUT2D eigenvalue weighted by Crippen LogP contribution is 2.29. The van der Waals surface area contributed by atoms with Gasteiger partial charge in [0, 0.05) is 18.1 Å². The number of piperidine rings is 1. The molecule has 3 aromatic carbocycles. The Balaban J connectivity index is 1.20. The van der Waals surface area contributed by atoms with E-state index in [9.17, 15) is 4.79 Å². The van der Waals surface area contributed by atoms with E-state index in [0.29, 0.717) is 19.1 Å². The number of likely N-dealkylation sites (tertiary alicyclic amines) is 1. The highest BCUT2D eigenvalue weighted by molar-refractivity contribution is 6.30. The lowest BCUT2D eigenvalue weighted by atomic mass is 9.88. The van der Waals surface area contributed by atoms with Crippen molar-refractivity contribution in [2.24, 2.45) is 0 Å². The van der Waals surface area contributed by atoms with Crippen LogP contribution in [0, 0.1) is 0 Å². The van der Waals surface area contributed by atoms with Crippen molar-refractivity contribution in [3.63, 3.8) is 0 Å². The molecule has 0 aromatic heterocycles. The first-order valence-electron chi connectivity index (χ1n) is 11.6. The first-order chi connectivity index (χ1) is 16.2. The fourth-order valence-electron chi connectivity index (χ4n) is 4.32. The second-order valence-electron chi connectivity index (χ2n) is 8.68. The number of hydrogen-bond donors (Lipinski definition) is 1. The summed E-state index contributed by atoms with van der Waals surface area (Å²) in [7, 11) is 0. The second kappa shape index (κ2) is 12.0. The normalized spacial score (nSPS) is 14.8. The van der Waals surface area contributed by atoms with Crippen molar-refractivity contribution in [1.82, 2.24) is 10.2 Å². The molecule has 0 radical (unpaired) electrons. The zero-order valence-corrected chi connectivity index (χ0v) is 19.6. The van der Waals surface area contributed by atoms with Gasteiger partial charge in [-0.2, -0.15) is 0 Å². The average molecular weight is 463 g/mol. The van der Waals surface area contributed by atoms with Crippen molar-refractivity contribution < 1.29 is 9.53 Å². The molecule has 1 saturated heterocycles. The number of hydrogen-bond acceptors (Lipinski definition) is 3. The van der Waals surface area contributed by atoms with Crippen LogP contribution in [0.15, 0.2) is 78.9 Å². The Hall–Kier alpha value is -2.66. The first-order valence-corrected chi connectivity index (χ1v) is 12.0. The van der Waals surface area contributed by atoms with Gasteiger partial charge in [0.25, 0.3) is 0 Å². The maximum absolute atomic E-state index is 12.1. The third kappa shape index (κ3) is 7.43. The number of nitrogens with one attached hydrogen (secondary N) is 1. The third-order valence-corrected chi connectivity index (χ3v) is 6.42. The van der Waals surface area contributed by atoms with Gasteiger partial charge in [0.1, 0.15) is 6.61 Å². The molecule has 1 amide bonds. The molecule has 1 aliphatic heterocycles. The van der Waals surface area contributed by atoms with Crippen LogP contribution in [-0.2, 0) is 29.2 Å². The molecule has 0 saturated carbocycles. The molecule has 33 heavy (non-hydrogen) atoms. The minimum atomic E-state index is -0.0909. The van der Waals surface area contributed by atoms with Gasteiger partial charge in [0.2, 0.25) is 5.91 Å². The molecule has 0 atom stereocenters. The van der Waals surface area contributed by atoms with Gasteiger partial charge in [-0.15, -0.1) is 0 Å². The predicted octanol–water partition coefficient (Wildman–Crippen LogP) is 5.55. The van der Waals surface area contributed by atoms with Crippen molar-refractivity contribution in [2.75, 3.05) is 19.7 Å². The SMILES string of the molecule is O=C(COCc1ccccc1)NCc1cccc(C2CCN(Cc3ccc(Cl)cc3)CC2)c1. The van der Waals surface area contributed by atoms with Crippen molar-refractivity contribution in [2.45, 2.75) is 38.5 Å². The summed E-state index contributed by atoms with van der Waals surface area (Å²) in [5, 5.41) is 3.76. The summed E-state index contributed by atoms with van der Waals surface area (Å²) in [5.74, 6) is 0.475. The van der Waals surface area contributed by atoms with E-state index < -0.39 is 0 Å². The van der Waals surface area contributed by atoms with Crippen molar-refractivity contribution in [3.05, 3.63) is 106 Å². The van der Waals surface area contributed by atoms with Gasteiger partial charge in [-0.3, -0.25) is 9.69 Å². The van der Waals surface area contributed by atoms with Gasteiger partial charge in [0.05, 0.1) is 6.61 Å². The summed E-state index contributed by atoms with van der Waals surface area (Å²) in [4.78, 5) is 14.7. The van der Waals surface area contributed by atoms with Crippen LogP contribution in [0.25, 0.3) is 0 Å². The maximum atomic E-state index is 12.1. The molecule has 4 rings (SSSR count). The molecule has 3 aromatic rings. The van der Waals surface area contributed by atoms with E-state index >= 15 is 0 Å². The molecule has 1 N–H and O–H groups in total. The maximum Gasteiger partial charge on any atom is 0.246 e. The minimum Gasteiger partial charge on any atom is -0.367 e. The lowest BCUT2D eigenvalue weighted by Crippen LogP contribution is -2.32. The zero-order chi connectivity index (χ0) is 22.9. The summed E-state index contributed by atoms with van der Waals surface area (Å²) < 4.78 is 5.52. The Morgan fingerprint density at radius 1 is 0.909 bits per heavy atom. The Morgan fingerprint density at radius 2 is 1.64 bits per heavy atom. The summed E-state index contributed by atoms with van der Waals surface area (Å²) >= 11 is 6.00. The number of nitrogens with zero attached hydrogens (tertiary/aromatic N) is 1. The van der Waals surface area contributed by atoms with Crippen LogP contribution in [0.3, 0.4) is 0 Å². The summed E-state index contributed by atoms with van der Waals surface area (Å²) in [6.45, 7) is 4.19. The van der Waals surface area contributed by atoms with Gasteiger partial charge in [-0.05, 0) is 66.2 Å². The van der Waals surface area contributed by atoms with Crippen LogP contribution in [0.5, 0.6) is 0 Å². The van der Waals surface area contributed by atoms with Gasteiger partial charge in [0.15, 0.2) is 0 Å². The molecular weight excluding hydrogens is 432 g/mol. The molecule has 0 aliphatic carbocycles. The number of benzene rings is 3. The lowest BCUT2D eigenvalue weighted by molar-refractivity contribution is -0.126. The summed E-state index contributed by atoms with van der Waals surface area (Å²) in [5.41, 5.74) is 4.88. The van der Waals surface area contributed by atoms with E-state index in [2.05, 4.69) is 46.6 Å². The molecule has 1 aliphatic rings. The fraction of sp³-hybridized carbons (Fsp3) is 0.321.